The molecule has 28 heavy (non-hydrogen) atoms. The topological polar surface area (TPSA) is 117 Å². The van der Waals surface area contributed by atoms with Crippen LogP contribution < -0.4 is 21.5 Å². The molecule has 2 rings (SSSR count). The number of benzene rings is 1. The summed E-state index contributed by atoms with van der Waals surface area (Å²) in [5.74, 6) is -0.420. The summed E-state index contributed by atoms with van der Waals surface area (Å²) in [6.07, 6.45) is 0. The Morgan fingerprint density at radius 1 is 1.29 bits per heavy atom. The summed E-state index contributed by atoms with van der Waals surface area (Å²) in [6.45, 7) is 4.53. The number of hydrogen-bond donors (Lipinski definition) is 3. The molecule has 9 nitrogen and oxygen atoms in total. The van der Waals surface area contributed by atoms with Crippen LogP contribution in [0.4, 0.5) is 17.1 Å². The van der Waals surface area contributed by atoms with Crippen LogP contribution in [0.5, 0.6) is 5.75 Å². The summed E-state index contributed by atoms with van der Waals surface area (Å²) in [5, 5.41) is 16.2. The fraction of sp³-hybridized carbons (Fsp3) is 0.412. The van der Waals surface area contributed by atoms with Gasteiger partial charge in [-0.25, -0.2) is 4.21 Å². The van der Waals surface area contributed by atoms with Crippen LogP contribution >= 0.6 is 11.6 Å². The van der Waals surface area contributed by atoms with Gasteiger partial charge in [-0.15, -0.1) is 4.47 Å². The first kappa shape index (κ1) is 22.3. The lowest BCUT2D eigenvalue weighted by Crippen LogP contribution is -2.39. The molecule has 0 aliphatic rings. The highest BCUT2D eigenvalue weighted by molar-refractivity contribution is 7.82. The molecule has 0 aromatic heterocycles. The molecular weight excluding hydrogens is 410 g/mol. The van der Waals surface area contributed by atoms with Crippen LogP contribution in [0.3, 0.4) is 0 Å². The number of ether oxygens (including phenoxy) is 1. The number of nitrogens with one attached hydrogen (secondary N) is 2. The summed E-state index contributed by atoms with van der Waals surface area (Å²) in [6, 6.07) is 2.62. The summed E-state index contributed by atoms with van der Waals surface area (Å²) < 4.78 is 18.7. The molecule has 0 spiro atoms. The van der Waals surface area contributed by atoms with Crippen molar-refractivity contribution in [3.8, 4) is 5.75 Å². The van der Waals surface area contributed by atoms with E-state index in [4.69, 9.17) is 21.2 Å². The molecule has 0 aliphatic heterocycles. The minimum absolute atomic E-state index is 0.00259. The number of phenols is 1. The molecule has 0 radical (unpaired) electrons. The van der Waals surface area contributed by atoms with E-state index in [9.17, 15) is 18.9 Å². The molecule has 0 aliphatic carbocycles. The molecule has 0 heterocycles. The van der Waals surface area contributed by atoms with Crippen molar-refractivity contribution >= 4 is 39.6 Å². The Bertz CT molecular complexity index is 944. The van der Waals surface area contributed by atoms with Crippen LogP contribution in [0.25, 0.3) is 0 Å². The second kappa shape index (κ2) is 9.48. The Labute approximate surface area is 169 Å². The van der Waals surface area contributed by atoms with Gasteiger partial charge in [0.05, 0.1) is 24.4 Å². The van der Waals surface area contributed by atoms with Crippen LogP contribution in [-0.4, -0.2) is 47.2 Å². The van der Waals surface area contributed by atoms with Gasteiger partial charge in [-0.2, -0.15) is 0 Å². The largest absolute Gasteiger partial charge is 0.504 e. The van der Waals surface area contributed by atoms with E-state index >= 15 is 0 Å². The Kier molecular flexibility index (Phi) is 7.55. The second-order valence-corrected chi connectivity index (χ2v) is 7.71. The van der Waals surface area contributed by atoms with E-state index in [0.29, 0.717) is 13.2 Å². The Balaban J connectivity index is 2.33. The fourth-order valence-corrected chi connectivity index (χ4v) is 3.63. The van der Waals surface area contributed by atoms with Gasteiger partial charge in [-0.1, -0.05) is 11.6 Å². The summed E-state index contributed by atoms with van der Waals surface area (Å²) in [4.78, 5) is 28.7. The highest BCUT2D eigenvalue weighted by Crippen LogP contribution is 2.38. The van der Waals surface area contributed by atoms with Gasteiger partial charge in [0.2, 0.25) is 0 Å². The van der Waals surface area contributed by atoms with Crippen molar-refractivity contribution in [1.29, 1.82) is 0 Å². The third kappa shape index (κ3) is 4.53. The molecule has 1 unspecified atom stereocenters. The Morgan fingerprint density at radius 2 is 1.93 bits per heavy atom. The standard InChI is InChI=1S/C17H22ClN3O6S/c1-5-27-8-9(2)19-12-13(16(24)15(12)23)20-11-7-6-10(18)17(14(11)22)28(25)21(3)26-4/h6-7,9,19-20,22H,5,8H2,1-4H3/t9-,28?/m1/s1. The van der Waals surface area contributed by atoms with Crippen LogP contribution in [0.1, 0.15) is 13.8 Å². The van der Waals surface area contributed by atoms with Gasteiger partial charge in [0.25, 0.3) is 10.9 Å². The normalized spacial score (nSPS) is 13.6. The van der Waals surface area contributed by atoms with E-state index in [1.807, 2.05) is 6.92 Å². The molecule has 0 fully saturated rings. The number of aromatic hydroxyl groups is 1. The number of anilines is 3. The molecule has 3 N–H and O–H groups in total. The zero-order chi connectivity index (χ0) is 21.0. The van der Waals surface area contributed by atoms with Crippen LogP contribution in [0.2, 0.25) is 5.02 Å². The lowest BCUT2D eigenvalue weighted by atomic mass is 10.1. The second-order valence-electron chi connectivity index (χ2n) is 5.88. The predicted octanol–water partition coefficient (Wildman–Crippen LogP) is 1.74. The van der Waals surface area contributed by atoms with Crippen molar-refractivity contribution in [3.63, 3.8) is 0 Å². The Morgan fingerprint density at radius 3 is 2.54 bits per heavy atom. The van der Waals surface area contributed by atoms with Crippen LogP contribution in [0, 0.1) is 0 Å². The summed E-state index contributed by atoms with van der Waals surface area (Å²) >= 11 is 6.06. The van der Waals surface area contributed by atoms with Crippen molar-refractivity contribution in [1.82, 2.24) is 4.47 Å². The number of phenolic OH excluding ortho intramolecular Hbond substituents is 1. The smallest absolute Gasteiger partial charge is 0.253 e. The van der Waals surface area contributed by atoms with E-state index in [1.54, 1.807) is 6.92 Å². The van der Waals surface area contributed by atoms with Crippen LogP contribution in [-0.2, 0) is 20.6 Å². The molecule has 2 aromatic carbocycles. The molecule has 0 bridgehead atoms. The maximum atomic E-state index is 12.4. The third-order valence-electron chi connectivity index (χ3n) is 3.88. The first-order chi connectivity index (χ1) is 13.2. The highest BCUT2D eigenvalue weighted by atomic mass is 35.5. The molecular formula is C17H22ClN3O6S. The average Bonchev–Trinajstić information content (AvgIpc) is 2.69. The molecule has 2 atom stereocenters. The molecule has 154 valence electrons. The van der Waals surface area contributed by atoms with E-state index in [1.165, 1.54) is 26.3 Å². The lowest BCUT2D eigenvalue weighted by Gasteiger charge is -2.21. The number of halogens is 1. The molecule has 2 aromatic rings. The molecule has 11 heteroatoms. The lowest BCUT2D eigenvalue weighted by molar-refractivity contribution is -0.0205. The first-order valence-corrected chi connectivity index (χ1v) is 9.87. The van der Waals surface area contributed by atoms with Crippen molar-refractivity contribution in [2.45, 2.75) is 24.8 Å². The van der Waals surface area contributed by atoms with Gasteiger partial charge in [-0.05, 0) is 26.0 Å². The average molecular weight is 432 g/mol. The number of rotatable bonds is 10. The number of hydrogen-bond acceptors (Lipinski definition) is 8. The van der Waals surface area contributed by atoms with E-state index in [2.05, 4.69) is 10.6 Å². The SMILES string of the molecule is CCOC[C@@H](C)Nc1c(Nc2ccc(Cl)c(S(=O)N(C)OC)c2O)c(=O)c1=O. The third-order valence-corrected chi connectivity index (χ3v) is 5.69. The van der Waals surface area contributed by atoms with E-state index < -0.39 is 27.6 Å². The van der Waals surface area contributed by atoms with E-state index in [-0.39, 0.29) is 33.0 Å². The van der Waals surface area contributed by atoms with Gasteiger partial charge in [0.1, 0.15) is 16.3 Å². The number of hydroxylamine groups is 1. The zero-order valence-electron chi connectivity index (χ0n) is 15.9. The van der Waals surface area contributed by atoms with E-state index in [0.717, 1.165) is 4.47 Å². The van der Waals surface area contributed by atoms with Crippen molar-refractivity contribution in [3.05, 3.63) is 37.6 Å². The van der Waals surface area contributed by atoms with Crippen molar-refractivity contribution in [2.75, 3.05) is 38.0 Å². The highest BCUT2D eigenvalue weighted by Gasteiger charge is 2.26. The maximum absolute atomic E-state index is 12.4. The number of nitrogens with zero attached hydrogens (tertiary/aromatic N) is 1. The summed E-state index contributed by atoms with van der Waals surface area (Å²) in [5.41, 5.74) is -1.21. The van der Waals surface area contributed by atoms with Crippen LogP contribution in [0.15, 0.2) is 26.6 Å². The monoisotopic (exact) mass is 431 g/mol. The van der Waals surface area contributed by atoms with Crippen molar-refractivity contribution < 1.29 is 18.9 Å². The molecule has 0 saturated heterocycles. The molecule has 0 saturated carbocycles. The minimum atomic E-state index is -1.91. The van der Waals surface area contributed by atoms with Gasteiger partial charge >= 0.3 is 0 Å². The van der Waals surface area contributed by atoms with Crippen molar-refractivity contribution in [2.24, 2.45) is 0 Å². The quantitative estimate of drug-likeness (QED) is 0.296. The predicted molar refractivity (Wildman–Crippen MR) is 109 cm³/mol. The minimum Gasteiger partial charge on any atom is -0.504 e. The maximum Gasteiger partial charge on any atom is 0.253 e. The zero-order valence-corrected chi connectivity index (χ0v) is 17.4. The molecule has 0 amide bonds. The van der Waals surface area contributed by atoms with Gasteiger partial charge in [0, 0.05) is 19.7 Å². The van der Waals surface area contributed by atoms with Gasteiger partial charge in [-0.3, -0.25) is 14.4 Å². The Hall–Kier alpha value is -1.98. The van der Waals surface area contributed by atoms with Gasteiger partial charge < -0.3 is 20.5 Å². The fourth-order valence-electron chi connectivity index (χ4n) is 2.38. The summed E-state index contributed by atoms with van der Waals surface area (Å²) in [7, 11) is 0.814. The van der Waals surface area contributed by atoms with Gasteiger partial charge in [0.15, 0.2) is 16.7 Å². The first-order valence-electron chi connectivity index (χ1n) is 8.38.